The van der Waals surface area contributed by atoms with Gasteiger partial charge in [0.25, 0.3) is 0 Å². The zero-order valence-corrected chi connectivity index (χ0v) is 11.3. The van der Waals surface area contributed by atoms with Crippen LogP contribution in [0, 0.1) is 0 Å². The van der Waals surface area contributed by atoms with E-state index in [1.54, 1.807) is 13.8 Å². The van der Waals surface area contributed by atoms with Gasteiger partial charge in [0, 0.05) is 12.8 Å². The van der Waals surface area contributed by atoms with Crippen LogP contribution in [-0.2, 0) is 9.84 Å². The SMILES string of the molecule is CCCCCCNCC(C)(C)S(C)(=O)=O. The molecule has 0 saturated carbocycles. The van der Waals surface area contributed by atoms with Crippen molar-refractivity contribution in [1.29, 1.82) is 0 Å². The summed E-state index contributed by atoms with van der Waals surface area (Å²) < 4.78 is 22.1. The minimum atomic E-state index is -2.96. The van der Waals surface area contributed by atoms with Crippen LogP contribution in [-0.4, -0.2) is 32.5 Å². The molecule has 0 bridgehead atoms. The first-order valence-corrected chi connectivity index (χ1v) is 7.60. The molecule has 0 amide bonds. The van der Waals surface area contributed by atoms with Crippen molar-refractivity contribution >= 4 is 9.84 Å². The topological polar surface area (TPSA) is 46.2 Å². The minimum absolute atomic E-state index is 0.540. The molecule has 0 aromatic carbocycles. The Bertz CT molecular complexity index is 258. The quantitative estimate of drug-likeness (QED) is 0.654. The van der Waals surface area contributed by atoms with Crippen LogP contribution in [0.25, 0.3) is 0 Å². The highest BCUT2D eigenvalue weighted by Crippen LogP contribution is 2.13. The molecule has 3 nitrogen and oxygen atoms in total. The highest BCUT2D eigenvalue weighted by molar-refractivity contribution is 7.92. The standard InChI is InChI=1S/C11H25NO2S/c1-5-6-7-8-9-12-10-11(2,3)15(4,13)14/h12H,5-10H2,1-4H3. The third-order valence-corrected chi connectivity index (χ3v) is 4.91. The Morgan fingerprint density at radius 3 is 2.20 bits per heavy atom. The fraction of sp³-hybridized carbons (Fsp3) is 1.00. The van der Waals surface area contributed by atoms with Crippen LogP contribution in [0.2, 0.25) is 0 Å². The van der Waals surface area contributed by atoms with E-state index in [9.17, 15) is 8.42 Å². The Labute approximate surface area is 94.6 Å². The minimum Gasteiger partial charge on any atom is -0.315 e. The van der Waals surface area contributed by atoms with Gasteiger partial charge in [-0.3, -0.25) is 0 Å². The van der Waals surface area contributed by atoms with Gasteiger partial charge < -0.3 is 5.32 Å². The van der Waals surface area contributed by atoms with Crippen LogP contribution in [0.3, 0.4) is 0 Å². The number of unbranched alkanes of at least 4 members (excludes halogenated alkanes) is 3. The summed E-state index contributed by atoms with van der Waals surface area (Å²) in [7, 11) is -2.96. The van der Waals surface area contributed by atoms with Crippen LogP contribution >= 0.6 is 0 Å². The molecule has 0 aromatic rings. The Morgan fingerprint density at radius 1 is 1.13 bits per heavy atom. The van der Waals surface area contributed by atoms with Gasteiger partial charge in [-0.2, -0.15) is 0 Å². The van der Waals surface area contributed by atoms with Crippen LogP contribution in [0.4, 0.5) is 0 Å². The van der Waals surface area contributed by atoms with E-state index < -0.39 is 14.6 Å². The zero-order chi connectivity index (χ0) is 11.9. The largest absolute Gasteiger partial charge is 0.315 e. The van der Waals surface area contributed by atoms with E-state index in [0.717, 1.165) is 13.0 Å². The number of hydrogen-bond acceptors (Lipinski definition) is 3. The molecule has 0 aliphatic rings. The second kappa shape index (κ2) is 6.48. The van der Waals surface area contributed by atoms with Crippen LogP contribution < -0.4 is 5.32 Å². The van der Waals surface area contributed by atoms with Gasteiger partial charge in [0.1, 0.15) is 0 Å². The van der Waals surface area contributed by atoms with Gasteiger partial charge in [-0.25, -0.2) is 8.42 Å². The lowest BCUT2D eigenvalue weighted by Crippen LogP contribution is -2.41. The number of nitrogens with one attached hydrogen (secondary N) is 1. The lowest BCUT2D eigenvalue weighted by Gasteiger charge is -2.22. The van der Waals surface area contributed by atoms with E-state index in [-0.39, 0.29) is 0 Å². The highest BCUT2D eigenvalue weighted by Gasteiger charge is 2.29. The van der Waals surface area contributed by atoms with E-state index in [2.05, 4.69) is 12.2 Å². The van der Waals surface area contributed by atoms with Crippen molar-refractivity contribution in [3.05, 3.63) is 0 Å². The molecule has 0 radical (unpaired) electrons. The lowest BCUT2D eigenvalue weighted by molar-refractivity contribution is 0.511. The van der Waals surface area contributed by atoms with E-state index >= 15 is 0 Å². The van der Waals surface area contributed by atoms with Gasteiger partial charge in [0.2, 0.25) is 0 Å². The second-order valence-electron chi connectivity index (χ2n) is 4.77. The van der Waals surface area contributed by atoms with Crippen LogP contribution in [0.1, 0.15) is 46.5 Å². The fourth-order valence-corrected chi connectivity index (χ4v) is 1.56. The Balaban J connectivity index is 3.68. The molecule has 92 valence electrons. The van der Waals surface area contributed by atoms with Crippen molar-refractivity contribution in [3.8, 4) is 0 Å². The average molecular weight is 235 g/mol. The maximum atomic E-state index is 11.4. The van der Waals surface area contributed by atoms with E-state index in [1.165, 1.54) is 25.5 Å². The van der Waals surface area contributed by atoms with Gasteiger partial charge >= 0.3 is 0 Å². The first kappa shape index (κ1) is 14.9. The van der Waals surface area contributed by atoms with Gasteiger partial charge in [-0.05, 0) is 26.8 Å². The molecule has 0 atom stereocenters. The van der Waals surface area contributed by atoms with Gasteiger partial charge in [0.15, 0.2) is 9.84 Å². The molecule has 0 rings (SSSR count). The third-order valence-electron chi connectivity index (χ3n) is 2.76. The molecule has 0 heterocycles. The van der Waals surface area contributed by atoms with Gasteiger partial charge in [-0.15, -0.1) is 0 Å². The molecule has 0 spiro atoms. The van der Waals surface area contributed by atoms with Crippen molar-refractivity contribution < 1.29 is 8.42 Å². The molecule has 0 unspecified atom stereocenters. The molecule has 0 fully saturated rings. The molecule has 0 aromatic heterocycles. The molecule has 15 heavy (non-hydrogen) atoms. The summed E-state index contributed by atoms with van der Waals surface area (Å²) in [6.07, 6.45) is 6.15. The van der Waals surface area contributed by atoms with Crippen molar-refractivity contribution in [2.75, 3.05) is 19.3 Å². The monoisotopic (exact) mass is 235 g/mol. The first-order chi connectivity index (χ1) is 6.81. The molecule has 0 saturated heterocycles. The van der Waals surface area contributed by atoms with Crippen molar-refractivity contribution in [3.63, 3.8) is 0 Å². The predicted octanol–water partition coefficient (Wildman–Crippen LogP) is 1.98. The molecule has 0 aliphatic heterocycles. The molecular weight excluding hydrogens is 210 g/mol. The summed E-state index contributed by atoms with van der Waals surface area (Å²) in [4.78, 5) is 0. The number of sulfone groups is 1. The molecular formula is C11H25NO2S. The van der Waals surface area contributed by atoms with E-state index in [4.69, 9.17) is 0 Å². The normalized spacial score (nSPS) is 13.1. The summed E-state index contributed by atoms with van der Waals surface area (Å²) in [5.41, 5.74) is 0. The van der Waals surface area contributed by atoms with E-state index in [1.807, 2.05) is 0 Å². The summed E-state index contributed by atoms with van der Waals surface area (Å²) in [5, 5.41) is 3.21. The third kappa shape index (κ3) is 6.15. The maximum absolute atomic E-state index is 11.4. The summed E-state index contributed by atoms with van der Waals surface area (Å²) >= 11 is 0. The summed E-state index contributed by atoms with van der Waals surface area (Å²) in [5.74, 6) is 0. The average Bonchev–Trinajstić information content (AvgIpc) is 2.09. The smallest absolute Gasteiger partial charge is 0.153 e. The first-order valence-electron chi connectivity index (χ1n) is 5.71. The van der Waals surface area contributed by atoms with Crippen molar-refractivity contribution in [1.82, 2.24) is 5.32 Å². The second-order valence-corrected chi connectivity index (χ2v) is 7.42. The van der Waals surface area contributed by atoms with Crippen molar-refractivity contribution in [2.24, 2.45) is 0 Å². The maximum Gasteiger partial charge on any atom is 0.153 e. The van der Waals surface area contributed by atoms with Crippen molar-refractivity contribution in [2.45, 2.75) is 51.2 Å². The highest BCUT2D eigenvalue weighted by atomic mass is 32.2. The number of rotatable bonds is 8. The Hall–Kier alpha value is -0.0900. The van der Waals surface area contributed by atoms with Gasteiger partial charge in [0.05, 0.1) is 4.75 Å². The fourth-order valence-electron chi connectivity index (χ4n) is 1.20. The summed E-state index contributed by atoms with van der Waals surface area (Å²) in [6.45, 7) is 7.17. The molecule has 0 aliphatic carbocycles. The molecule has 1 N–H and O–H groups in total. The Morgan fingerprint density at radius 2 is 1.73 bits per heavy atom. The van der Waals surface area contributed by atoms with Crippen LogP contribution in [0.5, 0.6) is 0 Å². The lowest BCUT2D eigenvalue weighted by atomic mass is 10.2. The predicted molar refractivity (Wildman–Crippen MR) is 65.9 cm³/mol. The Kier molecular flexibility index (Phi) is 6.44. The molecule has 4 heteroatoms. The summed E-state index contributed by atoms with van der Waals surface area (Å²) in [6, 6.07) is 0. The van der Waals surface area contributed by atoms with Gasteiger partial charge in [-0.1, -0.05) is 26.2 Å². The van der Waals surface area contributed by atoms with Crippen LogP contribution in [0.15, 0.2) is 0 Å². The van der Waals surface area contributed by atoms with E-state index in [0.29, 0.717) is 6.54 Å². The number of hydrogen-bond donors (Lipinski definition) is 1. The zero-order valence-electron chi connectivity index (χ0n) is 10.5.